The number of hydrogen-bond acceptors (Lipinski definition) is 6. The number of hydrogen-bond donors (Lipinski definition) is 0. The summed E-state index contributed by atoms with van der Waals surface area (Å²) in [4.78, 5) is 14.5. The van der Waals surface area contributed by atoms with Crippen LogP contribution >= 0.6 is 11.8 Å². The normalized spacial score (nSPS) is 21.0. The number of amides is 1. The van der Waals surface area contributed by atoms with Crippen LogP contribution in [0.5, 0.6) is 0 Å². The minimum atomic E-state index is -3.02. The quantitative estimate of drug-likeness (QED) is 0.739. The van der Waals surface area contributed by atoms with Crippen LogP contribution < -0.4 is 0 Å². The van der Waals surface area contributed by atoms with Gasteiger partial charge in [-0.05, 0) is 32.4 Å². The first-order valence-electron chi connectivity index (χ1n) is 7.88. The summed E-state index contributed by atoms with van der Waals surface area (Å²) in [6.07, 6.45) is 2.38. The van der Waals surface area contributed by atoms with Crippen molar-refractivity contribution in [1.82, 2.24) is 19.5 Å². The Bertz CT molecular complexity index is 849. The van der Waals surface area contributed by atoms with E-state index in [9.17, 15) is 13.2 Å². The molecule has 2 aromatic rings. The highest BCUT2D eigenvalue weighted by Gasteiger charge is 2.35. The van der Waals surface area contributed by atoms with E-state index in [0.717, 1.165) is 5.65 Å². The lowest BCUT2D eigenvalue weighted by atomic mass is 10.2. The molecule has 130 valence electrons. The molecule has 1 aliphatic heterocycles. The molecule has 0 bridgehead atoms. The van der Waals surface area contributed by atoms with Gasteiger partial charge in [0.15, 0.2) is 20.6 Å². The molecule has 3 rings (SSSR count). The maximum Gasteiger partial charge on any atom is 0.236 e. The van der Waals surface area contributed by atoms with Gasteiger partial charge in [0.05, 0.1) is 16.8 Å². The number of aromatic nitrogens is 3. The van der Waals surface area contributed by atoms with Gasteiger partial charge in [0.25, 0.3) is 0 Å². The van der Waals surface area contributed by atoms with E-state index in [1.807, 2.05) is 42.6 Å². The van der Waals surface area contributed by atoms with Crippen molar-refractivity contribution in [3.63, 3.8) is 0 Å². The summed E-state index contributed by atoms with van der Waals surface area (Å²) in [6, 6.07) is 5.40. The number of rotatable bonds is 5. The van der Waals surface area contributed by atoms with Crippen molar-refractivity contribution in [1.29, 1.82) is 0 Å². The van der Waals surface area contributed by atoms with E-state index in [-0.39, 0.29) is 28.7 Å². The Morgan fingerprint density at radius 1 is 1.46 bits per heavy atom. The van der Waals surface area contributed by atoms with Crippen LogP contribution in [0, 0.1) is 0 Å². The molecule has 0 N–H and O–H groups in total. The van der Waals surface area contributed by atoms with Gasteiger partial charge in [-0.15, -0.1) is 10.2 Å². The Labute approximate surface area is 145 Å². The van der Waals surface area contributed by atoms with Gasteiger partial charge in [-0.1, -0.05) is 17.8 Å². The van der Waals surface area contributed by atoms with E-state index in [0.29, 0.717) is 18.1 Å². The fraction of sp³-hybridized carbons (Fsp3) is 0.533. The predicted molar refractivity (Wildman–Crippen MR) is 92.8 cm³/mol. The molecule has 0 radical (unpaired) electrons. The average molecular weight is 368 g/mol. The zero-order valence-electron chi connectivity index (χ0n) is 13.6. The van der Waals surface area contributed by atoms with E-state index >= 15 is 0 Å². The summed E-state index contributed by atoms with van der Waals surface area (Å²) >= 11 is 1.34. The van der Waals surface area contributed by atoms with E-state index in [4.69, 9.17) is 0 Å². The highest BCUT2D eigenvalue weighted by molar-refractivity contribution is 8.00. The van der Waals surface area contributed by atoms with E-state index in [1.54, 1.807) is 4.90 Å². The molecule has 9 heteroatoms. The second-order valence-electron chi connectivity index (χ2n) is 5.85. The number of pyridine rings is 1. The van der Waals surface area contributed by atoms with Gasteiger partial charge >= 0.3 is 0 Å². The van der Waals surface area contributed by atoms with Crippen LogP contribution in [-0.2, 0) is 14.6 Å². The minimum absolute atomic E-state index is 0.0581. The van der Waals surface area contributed by atoms with Crippen molar-refractivity contribution < 1.29 is 13.2 Å². The fourth-order valence-electron chi connectivity index (χ4n) is 2.96. The lowest BCUT2D eigenvalue weighted by Gasteiger charge is -2.29. The van der Waals surface area contributed by atoms with E-state index in [2.05, 4.69) is 10.2 Å². The van der Waals surface area contributed by atoms with Gasteiger partial charge in [-0.3, -0.25) is 9.20 Å². The zero-order valence-corrected chi connectivity index (χ0v) is 15.3. The van der Waals surface area contributed by atoms with Gasteiger partial charge < -0.3 is 4.90 Å². The third-order valence-electron chi connectivity index (χ3n) is 4.19. The molecular formula is C15H20N4O3S2. The van der Waals surface area contributed by atoms with Gasteiger partial charge in [-0.2, -0.15) is 0 Å². The molecule has 0 saturated carbocycles. The summed E-state index contributed by atoms with van der Waals surface area (Å²) in [6.45, 7) is 4.21. The van der Waals surface area contributed by atoms with Crippen molar-refractivity contribution in [2.45, 2.75) is 36.7 Å². The van der Waals surface area contributed by atoms with Crippen LogP contribution in [0.1, 0.15) is 20.3 Å². The van der Waals surface area contributed by atoms with Gasteiger partial charge in [0, 0.05) is 18.8 Å². The number of nitrogens with zero attached hydrogens (tertiary/aromatic N) is 4. The molecular weight excluding hydrogens is 348 g/mol. The summed E-state index contributed by atoms with van der Waals surface area (Å²) in [5.41, 5.74) is 0.730. The number of fused-ring (bicyclic) bond motifs is 1. The van der Waals surface area contributed by atoms with Gasteiger partial charge in [0.2, 0.25) is 5.91 Å². The molecule has 1 amide bonds. The molecule has 0 unspecified atom stereocenters. The zero-order chi connectivity index (χ0) is 17.3. The van der Waals surface area contributed by atoms with Crippen LogP contribution in [-0.4, -0.2) is 63.2 Å². The number of thioether (sulfide) groups is 1. The highest BCUT2D eigenvalue weighted by atomic mass is 32.2. The second kappa shape index (κ2) is 6.72. The SMILES string of the molecule is CCN(C(=O)[C@H](C)Sc1nnc2ccccn12)[C@@H]1CCS(=O)(=O)C1. The standard InChI is InChI=1S/C15H20N4O3S2/c1-3-18(12-7-9-24(21,22)10-12)14(20)11(2)23-15-17-16-13-6-4-5-8-19(13)15/h4-6,8,11-12H,3,7,9-10H2,1-2H3/t11-,12+/m0/s1. The molecule has 2 aromatic heterocycles. The topological polar surface area (TPSA) is 84.6 Å². The summed E-state index contributed by atoms with van der Waals surface area (Å²) in [5, 5.41) is 8.51. The largest absolute Gasteiger partial charge is 0.338 e. The van der Waals surface area contributed by atoms with Crippen LogP contribution in [0.4, 0.5) is 0 Å². The predicted octanol–water partition coefficient (Wildman–Crippen LogP) is 1.25. The average Bonchev–Trinajstić information content (AvgIpc) is 3.12. The maximum atomic E-state index is 12.8. The Hall–Kier alpha value is -1.61. The Kier molecular flexibility index (Phi) is 4.82. The molecule has 1 fully saturated rings. The van der Waals surface area contributed by atoms with Crippen molar-refractivity contribution in [3.05, 3.63) is 24.4 Å². The van der Waals surface area contributed by atoms with Gasteiger partial charge in [-0.25, -0.2) is 8.42 Å². The van der Waals surface area contributed by atoms with Crippen molar-refractivity contribution in [2.75, 3.05) is 18.1 Å². The van der Waals surface area contributed by atoms with Crippen molar-refractivity contribution in [3.8, 4) is 0 Å². The minimum Gasteiger partial charge on any atom is -0.338 e. The maximum absolute atomic E-state index is 12.8. The van der Waals surface area contributed by atoms with Crippen LogP contribution in [0.15, 0.2) is 29.6 Å². The molecule has 0 spiro atoms. The molecule has 1 aliphatic rings. The van der Waals surface area contributed by atoms with Crippen LogP contribution in [0.25, 0.3) is 5.65 Å². The lowest BCUT2D eigenvalue weighted by molar-refractivity contribution is -0.131. The molecule has 0 aliphatic carbocycles. The highest BCUT2D eigenvalue weighted by Crippen LogP contribution is 2.26. The summed E-state index contributed by atoms with van der Waals surface area (Å²) < 4.78 is 25.2. The van der Waals surface area contributed by atoms with Crippen molar-refractivity contribution in [2.24, 2.45) is 0 Å². The fourth-order valence-corrected chi connectivity index (χ4v) is 5.60. The van der Waals surface area contributed by atoms with Crippen molar-refractivity contribution >= 4 is 33.2 Å². The molecule has 3 heterocycles. The molecule has 1 saturated heterocycles. The summed E-state index contributed by atoms with van der Waals surface area (Å²) in [5.74, 6) is 0.174. The smallest absolute Gasteiger partial charge is 0.236 e. The molecule has 7 nitrogen and oxygen atoms in total. The lowest BCUT2D eigenvalue weighted by Crippen LogP contribution is -2.44. The second-order valence-corrected chi connectivity index (χ2v) is 9.39. The molecule has 2 atom stereocenters. The number of sulfone groups is 1. The molecule has 24 heavy (non-hydrogen) atoms. The van der Waals surface area contributed by atoms with E-state index < -0.39 is 9.84 Å². The first kappa shape index (κ1) is 17.2. The summed E-state index contributed by atoms with van der Waals surface area (Å²) in [7, 11) is -3.02. The van der Waals surface area contributed by atoms with Crippen LogP contribution in [0.3, 0.4) is 0 Å². The monoisotopic (exact) mass is 368 g/mol. The third-order valence-corrected chi connectivity index (χ3v) is 6.98. The third kappa shape index (κ3) is 3.41. The van der Waals surface area contributed by atoms with E-state index in [1.165, 1.54) is 11.8 Å². The first-order valence-corrected chi connectivity index (χ1v) is 10.6. The Balaban J connectivity index is 1.73. The molecule has 0 aromatic carbocycles. The van der Waals surface area contributed by atoms with Gasteiger partial charge in [0.1, 0.15) is 0 Å². The Morgan fingerprint density at radius 3 is 2.92 bits per heavy atom. The number of carbonyl (C=O) groups excluding carboxylic acids is 1. The Morgan fingerprint density at radius 2 is 2.25 bits per heavy atom. The van der Waals surface area contributed by atoms with Crippen LogP contribution in [0.2, 0.25) is 0 Å². The first-order chi connectivity index (χ1) is 11.4. The number of carbonyl (C=O) groups is 1.